The second-order valence-electron chi connectivity index (χ2n) is 7.02. The number of terminal acetylenes is 1. The summed E-state index contributed by atoms with van der Waals surface area (Å²) in [5.74, 6) is -0.176. The van der Waals surface area contributed by atoms with Gasteiger partial charge in [0.15, 0.2) is 17.5 Å². The van der Waals surface area contributed by atoms with E-state index in [0.717, 1.165) is 28.0 Å². The van der Waals surface area contributed by atoms with Crippen LogP contribution in [0.2, 0.25) is 0 Å². The number of nitrogens with zero attached hydrogens (tertiary/aromatic N) is 5. The molecule has 2 atom stereocenters. The summed E-state index contributed by atoms with van der Waals surface area (Å²) in [6.45, 7) is -0.193. The van der Waals surface area contributed by atoms with Gasteiger partial charge in [-0.05, 0) is 0 Å². The predicted octanol–water partition coefficient (Wildman–Crippen LogP) is -0.478. The Labute approximate surface area is 215 Å². The number of nitrogen functional groups attached to an aromatic ring is 3. The second-order valence-corrected chi connectivity index (χ2v) is 10.1. The third-order valence-electron chi connectivity index (χ3n) is 4.67. The van der Waals surface area contributed by atoms with E-state index in [2.05, 4.69) is 31.3 Å². The van der Waals surface area contributed by atoms with E-state index < -0.39 is 29.2 Å². The van der Waals surface area contributed by atoms with Gasteiger partial charge in [0.25, 0.3) is 11.8 Å². The van der Waals surface area contributed by atoms with Crippen molar-refractivity contribution in [3.05, 3.63) is 27.7 Å². The number of β-lactam (4-membered cyclic amide) rings is 1. The van der Waals surface area contributed by atoms with Crippen LogP contribution in [0.15, 0.2) is 32.2 Å². The van der Waals surface area contributed by atoms with Crippen LogP contribution in [-0.2, 0) is 19.2 Å². The number of aliphatic carboxylic acids is 1. The number of hydrogen-bond donors (Lipinski definition) is 5. The molecule has 2 aromatic heterocycles. The molecule has 17 heteroatoms. The lowest BCUT2D eigenvalue weighted by Crippen LogP contribution is -2.71. The van der Waals surface area contributed by atoms with Gasteiger partial charge in [0.05, 0.1) is 0 Å². The average Bonchev–Trinajstić information content (AvgIpc) is 3.24. The van der Waals surface area contributed by atoms with Gasteiger partial charge in [-0.1, -0.05) is 22.8 Å². The first kappa shape index (κ1) is 25.1. The number of nitrogens with one attached hydrogen (secondary N) is 1. The summed E-state index contributed by atoms with van der Waals surface area (Å²) in [7, 11) is 0. The minimum Gasteiger partial charge on any atom is -0.477 e. The van der Waals surface area contributed by atoms with Crippen molar-refractivity contribution in [2.24, 2.45) is 5.16 Å². The van der Waals surface area contributed by atoms with Gasteiger partial charge in [0.2, 0.25) is 5.95 Å². The van der Waals surface area contributed by atoms with Crippen molar-refractivity contribution in [3.8, 4) is 12.3 Å². The number of carboxylic acid groups (broad SMARTS) is 1. The average molecular weight is 548 g/mol. The molecule has 8 N–H and O–H groups in total. The highest BCUT2D eigenvalue weighted by atomic mass is 32.2. The number of aromatic nitrogens is 3. The fourth-order valence-electron chi connectivity index (χ4n) is 3.25. The Morgan fingerprint density at radius 1 is 1.36 bits per heavy atom. The first-order valence-electron chi connectivity index (χ1n) is 9.84. The molecule has 0 radical (unpaired) electrons. The van der Waals surface area contributed by atoms with Crippen LogP contribution in [0.5, 0.6) is 0 Å². The van der Waals surface area contributed by atoms with Crippen LogP contribution >= 0.6 is 34.9 Å². The van der Waals surface area contributed by atoms with Crippen LogP contribution in [0.1, 0.15) is 5.69 Å². The quantitative estimate of drug-likeness (QED) is 0.0704. The Balaban J connectivity index is 1.54. The normalized spacial score (nSPS) is 19.2. The van der Waals surface area contributed by atoms with Crippen LogP contribution in [0.4, 0.5) is 16.9 Å². The van der Waals surface area contributed by atoms with Gasteiger partial charge in [-0.25, -0.2) is 14.8 Å². The molecule has 2 aliphatic heterocycles. The number of fused-ring (bicyclic) bond motifs is 1. The molecule has 0 aromatic carbocycles. The van der Waals surface area contributed by atoms with Gasteiger partial charge < -0.3 is 32.5 Å². The van der Waals surface area contributed by atoms with E-state index in [0.29, 0.717) is 9.93 Å². The monoisotopic (exact) mass is 547 g/mol. The lowest BCUT2D eigenvalue weighted by atomic mass is 10.0. The number of carbonyl (C=O) groups is 3. The van der Waals surface area contributed by atoms with Gasteiger partial charge >= 0.3 is 5.97 Å². The fraction of sp³-hybridized carbons (Fsp3) is 0.211. The molecule has 4 rings (SSSR count). The Morgan fingerprint density at radius 3 is 2.78 bits per heavy atom. The van der Waals surface area contributed by atoms with Crippen LogP contribution in [0.25, 0.3) is 0 Å². The lowest BCUT2D eigenvalue weighted by molar-refractivity contribution is -0.150. The summed E-state index contributed by atoms with van der Waals surface area (Å²) in [4.78, 5) is 56.3. The molecule has 4 heterocycles. The van der Waals surface area contributed by atoms with E-state index in [4.69, 9.17) is 28.5 Å². The topological polar surface area (TPSA) is 225 Å². The van der Waals surface area contributed by atoms with E-state index in [9.17, 15) is 19.5 Å². The van der Waals surface area contributed by atoms with Crippen molar-refractivity contribution < 1.29 is 24.3 Å². The van der Waals surface area contributed by atoms with Crippen molar-refractivity contribution in [2.45, 2.75) is 16.4 Å². The van der Waals surface area contributed by atoms with Gasteiger partial charge in [-0.3, -0.25) is 14.5 Å². The molecule has 0 spiro atoms. The van der Waals surface area contributed by atoms with E-state index in [1.54, 1.807) is 0 Å². The van der Waals surface area contributed by atoms with E-state index >= 15 is 0 Å². The summed E-state index contributed by atoms with van der Waals surface area (Å²) < 4.78 is 0. The highest BCUT2D eigenvalue weighted by molar-refractivity contribution is 8.06. The Kier molecular flexibility index (Phi) is 7.19. The van der Waals surface area contributed by atoms with Gasteiger partial charge in [0, 0.05) is 22.1 Å². The maximum absolute atomic E-state index is 13.0. The molecular formula is C19H17N9O5S3. The van der Waals surface area contributed by atoms with E-state index in [1.165, 1.54) is 23.2 Å². The standard InChI is InChI=1S/C19H17N9O5S3/c1-2-3-33-27-11(7-5-35-19(22)23-7)14(29)26-12-15(30)28-13(17(31)32)8(6-34-16(12)28)36-10-4-9(20)24-18(21)25-10/h1,4-5,12,16H,3,6H2,(H2,22,23)(H,26,29)(H,31,32)(H4,20,21,24,25)/b27-11+/t12?,16-/m1/s1. The van der Waals surface area contributed by atoms with Crippen molar-refractivity contribution in [2.75, 3.05) is 29.6 Å². The third-order valence-corrected chi connectivity index (χ3v) is 7.81. The number of carboxylic acids is 1. The van der Waals surface area contributed by atoms with Crippen molar-refractivity contribution >= 4 is 75.3 Å². The largest absolute Gasteiger partial charge is 0.477 e. The van der Waals surface area contributed by atoms with E-state index in [1.807, 2.05) is 0 Å². The number of hydrogen-bond acceptors (Lipinski definition) is 14. The highest BCUT2D eigenvalue weighted by Gasteiger charge is 2.54. The third kappa shape index (κ3) is 5.00. The maximum atomic E-state index is 13.0. The number of oxime groups is 1. The summed E-state index contributed by atoms with van der Waals surface area (Å²) in [6.07, 6.45) is 5.14. The molecule has 2 aliphatic rings. The van der Waals surface area contributed by atoms with Crippen LogP contribution < -0.4 is 22.5 Å². The first-order chi connectivity index (χ1) is 17.2. The lowest BCUT2D eigenvalue weighted by Gasteiger charge is -2.49. The molecule has 0 saturated carbocycles. The summed E-state index contributed by atoms with van der Waals surface area (Å²) in [5, 5.41) is 17.5. The Hall–Kier alpha value is -4.01. The number of thioether (sulfide) groups is 2. The highest BCUT2D eigenvalue weighted by Crippen LogP contribution is 2.45. The molecule has 2 amide bonds. The van der Waals surface area contributed by atoms with Gasteiger partial charge in [-0.15, -0.1) is 29.5 Å². The minimum atomic E-state index is -1.31. The number of anilines is 3. The SMILES string of the molecule is C#CCO/N=C(/C(=O)NC1C(=O)N2C(C(=O)O)=C(Sc3cc(N)nc(N)n3)CS[C@H]12)c1csc(N)n1. The zero-order valence-corrected chi connectivity index (χ0v) is 20.5. The van der Waals surface area contributed by atoms with Crippen LogP contribution in [0, 0.1) is 12.3 Å². The summed E-state index contributed by atoms with van der Waals surface area (Å²) in [6, 6.07) is 0.432. The number of amides is 2. The molecule has 0 bridgehead atoms. The van der Waals surface area contributed by atoms with E-state index in [-0.39, 0.29) is 46.4 Å². The zero-order chi connectivity index (χ0) is 26.0. The maximum Gasteiger partial charge on any atom is 0.353 e. The second kappa shape index (κ2) is 10.3. The van der Waals surface area contributed by atoms with Gasteiger partial charge in [-0.2, -0.15) is 4.98 Å². The first-order valence-corrected chi connectivity index (χ1v) is 12.6. The molecule has 1 unspecified atom stereocenters. The van der Waals surface area contributed by atoms with Crippen molar-refractivity contribution in [1.82, 2.24) is 25.2 Å². The Bertz CT molecular complexity index is 1330. The number of nitrogens with two attached hydrogens (primary N) is 3. The smallest absolute Gasteiger partial charge is 0.353 e. The number of carbonyl (C=O) groups excluding carboxylic acids is 2. The predicted molar refractivity (Wildman–Crippen MR) is 134 cm³/mol. The van der Waals surface area contributed by atoms with Gasteiger partial charge in [0.1, 0.15) is 33.7 Å². The molecule has 0 aliphatic carbocycles. The molecular weight excluding hydrogens is 530 g/mol. The summed E-state index contributed by atoms with van der Waals surface area (Å²) in [5.41, 5.74) is 16.6. The molecule has 1 fully saturated rings. The van der Waals surface area contributed by atoms with Crippen LogP contribution in [-0.4, -0.2) is 72.2 Å². The van der Waals surface area contributed by atoms with Crippen molar-refractivity contribution in [3.63, 3.8) is 0 Å². The zero-order valence-electron chi connectivity index (χ0n) is 18.1. The molecule has 36 heavy (non-hydrogen) atoms. The molecule has 1 saturated heterocycles. The summed E-state index contributed by atoms with van der Waals surface area (Å²) >= 11 is 3.37. The van der Waals surface area contributed by atoms with Crippen LogP contribution in [0.3, 0.4) is 0 Å². The molecule has 186 valence electrons. The Morgan fingerprint density at radius 2 is 2.14 bits per heavy atom. The molecule has 14 nitrogen and oxygen atoms in total. The van der Waals surface area contributed by atoms with Crippen molar-refractivity contribution in [1.29, 1.82) is 0 Å². The number of thiazole rings is 1. The number of rotatable bonds is 8. The fourth-order valence-corrected chi connectivity index (χ4v) is 6.29. The minimum absolute atomic E-state index is 0.0651. The molecule has 2 aromatic rings.